The van der Waals surface area contributed by atoms with Crippen LogP contribution in [0, 0.1) is 0 Å². The summed E-state index contributed by atoms with van der Waals surface area (Å²) in [5.74, 6) is 0.421. The van der Waals surface area contributed by atoms with Crippen LogP contribution in [0.1, 0.15) is 16.1 Å². The number of fused-ring (bicyclic) bond motifs is 1. The largest absolute Gasteiger partial charge is 0.489 e. The van der Waals surface area contributed by atoms with Crippen LogP contribution in [0.5, 0.6) is 5.75 Å². The van der Waals surface area contributed by atoms with E-state index < -0.39 is 5.91 Å². The van der Waals surface area contributed by atoms with Gasteiger partial charge in [0.15, 0.2) is 10.9 Å². The van der Waals surface area contributed by atoms with Gasteiger partial charge >= 0.3 is 0 Å². The molecule has 0 bridgehead atoms. The average molecular weight is 403 g/mol. The molecule has 2 aromatic carbocycles. The lowest BCUT2D eigenvalue weighted by Crippen LogP contribution is -2.33. The maximum Gasteiger partial charge on any atom is 0.293 e. The molecule has 0 aliphatic rings. The molecule has 4 rings (SSSR count). The molecule has 29 heavy (non-hydrogen) atoms. The third-order valence-corrected chi connectivity index (χ3v) is 4.31. The predicted octanol–water partition coefficient (Wildman–Crippen LogP) is 4.53. The summed E-state index contributed by atoms with van der Waals surface area (Å²) in [6.07, 6.45) is 3.24. The SMILES string of the molecule is O=C(NC(=S)Nc1cccc(OCc2ccccc2)c1)c1cc2cnccc2o1. The normalized spacial score (nSPS) is 10.5. The van der Waals surface area contributed by atoms with Gasteiger partial charge in [0, 0.05) is 29.5 Å². The molecule has 0 unspecified atom stereocenters. The van der Waals surface area contributed by atoms with Crippen molar-refractivity contribution >= 4 is 39.9 Å². The monoisotopic (exact) mass is 403 g/mol. The van der Waals surface area contributed by atoms with E-state index in [4.69, 9.17) is 21.4 Å². The summed E-state index contributed by atoms with van der Waals surface area (Å²) in [7, 11) is 0. The number of benzene rings is 2. The molecule has 4 aromatic rings. The summed E-state index contributed by atoms with van der Waals surface area (Å²) in [6.45, 7) is 0.465. The van der Waals surface area contributed by atoms with E-state index in [1.54, 1.807) is 24.5 Å². The second-order valence-corrected chi connectivity index (χ2v) is 6.64. The molecule has 0 aliphatic carbocycles. The van der Waals surface area contributed by atoms with Crippen LogP contribution in [0.3, 0.4) is 0 Å². The fourth-order valence-electron chi connectivity index (χ4n) is 2.73. The highest BCUT2D eigenvalue weighted by Gasteiger charge is 2.14. The molecule has 2 N–H and O–H groups in total. The van der Waals surface area contributed by atoms with Crippen molar-refractivity contribution in [2.45, 2.75) is 6.61 Å². The van der Waals surface area contributed by atoms with Crippen molar-refractivity contribution < 1.29 is 13.9 Å². The Balaban J connectivity index is 1.36. The molecule has 0 saturated heterocycles. The predicted molar refractivity (Wildman–Crippen MR) is 115 cm³/mol. The first kappa shape index (κ1) is 18.6. The van der Waals surface area contributed by atoms with E-state index >= 15 is 0 Å². The number of hydrogen-bond donors (Lipinski definition) is 2. The lowest BCUT2D eigenvalue weighted by Gasteiger charge is -2.11. The molecule has 0 aliphatic heterocycles. The quantitative estimate of drug-likeness (QED) is 0.477. The number of anilines is 1. The van der Waals surface area contributed by atoms with Crippen molar-refractivity contribution in [1.29, 1.82) is 0 Å². The fraction of sp³-hybridized carbons (Fsp3) is 0.0455. The minimum absolute atomic E-state index is 0.161. The van der Waals surface area contributed by atoms with E-state index in [1.807, 2.05) is 54.6 Å². The number of rotatable bonds is 5. The Morgan fingerprint density at radius 3 is 2.76 bits per heavy atom. The number of hydrogen-bond acceptors (Lipinski definition) is 5. The average Bonchev–Trinajstić information content (AvgIpc) is 3.18. The number of carbonyl (C=O) groups excluding carboxylic acids is 1. The number of aromatic nitrogens is 1. The van der Waals surface area contributed by atoms with Gasteiger partial charge in [-0.3, -0.25) is 15.1 Å². The minimum Gasteiger partial charge on any atom is -0.489 e. The van der Waals surface area contributed by atoms with E-state index in [0.717, 1.165) is 10.9 Å². The molecule has 0 spiro atoms. The summed E-state index contributed by atoms with van der Waals surface area (Å²) in [4.78, 5) is 16.4. The number of thiocarbonyl (C=S) groups is 1. The van der Waals surface area contributed by atoms with Gasteiger partial charge in [0.25, 0.3) is 5.91 Å². The highest BCUT2D eigenvalue weighted by molar-refractivity contribution is 7.80. The van der Waals surface area contributed by atoms with Crippen LogP contribution in [0.4, 0.5) is 5.69 Å². The number of amides is 1. The lowest BCUT2D eigenvalue weighted by molar-refractivity contribution is 0.0953. The van der Waals surface area contributed by atoms with Gasteiger partial charge in [0.1, 0.15) is 17.9 Å². The topological polar surface area (TPSA) is 76.4 Å². The summed E-state index contributed by atoms with van der Waals surface area (Å²) in [6, 6.07) is 20.6. The number of carbonyl (C=O) groups is 1. The Hall–Kier alpha value is -3.71. The number of furan rings is 1. The maximum absolute atomic E-state index is 12.4. The van der Waals surface area contributed by atoms with Crippen molar-refractivity contribution in [3.63, 3.8) is 0 Å². The molecule has 0 atom stereocenters. The van der Waals surface area contributed by atoms with E-state index in [2.05, 4.69) is 15.6 Å². The van der Waals surface area contributed by atoms with Gasteiger partial charge in [0.2, 0.25) is 0 Å². The number of ether oxygens (including phenoxy) is 1. The first-order chi connectivity index (χ1) is 14.2. The molecule has 0 radical (unpaired) electrons. The van der Waals surface area contributed by atoms with Gasteiger partial charge in [-0.05, 0) is 42.0 Å². The van der Waals surface area contributed by atoms with Crippen LogP contribution < -0.4 is 15.4 Å². The molecule has 0 saturated carbocycles. The minimum atomic E-state index is -0.435. The number of nitrogens with zero attached hydrogens (tertiary/aromatic N) is 1. The van der Waals surface area contributed by atoms with Crippen LogP contribution >= 0.6 is 12.2 Å². The third-order valence-electron chi connectivity index (χ3n) is 4.11. The van der Waals surface area contributed by atoms with Crippen molar-refractivity contribution in [2.75, 3.05) is 5.32 Å². The van der Waals surface area contributed by atoms with E-state index in [9.17, 15) is 4.79 Å². The lowest BCUT2D eigenvalue weighted by atomic mass is 10.2. The van der Waals surface area contributed by atoms with Gasteiger partial charge < -0.3 is 14.5 Å². The molecule has 6 nitrogen and oxygen atoms in total. The standard InChI is InChI=1S/C22H17N3O3S/c26-21(20-11-16-13-23-10-9-19(16)28-20)25-22(29)24-17-7-4-8-18(12-17)27-14-15-5-2-1-3-6-15/h1-13H,14H2,(H2,24,25,26,29). The summed E-state index contributed by atoms with van der Waals surface area (Å²) in [5, 5.41) is 6.50. The van der Waals surface area contributed by atoms with E-state index in [0.29, 0.717) is 23.6 Å². The summed E-state index contributed by atoms with van der Waals surface area (Å²) >= 11 is 5.24. The van der Waals surface area contributed by atoms with Gasteiger partial charge in [0.05, 0.1) is 0 Å². The molecule has 2 heterocycles. The first-order valence-electron chi connectivity index (χ1n) is 8.90. The van der Waals surface area contributed by atoms with E-state index in [1.165, 1.54) is 0 Å². The highest BCUT2D eigenvalue weighted by Crippen LogP contribution is 2.19. The molecular formula is C22H17N3O3S. The van der Waals surface area contributed by atoms with Crippen molar-refractivity contribution in [2.24, 2.45) is 0 Å². The van der Waals surface area contributed by atoms with Gasteiger partial charge in [-0.2, -0.15) is 0 Å². The third kappa shape index (κ3) is 4.77. The van der Waals surface area contributed by atoms with Gasteiger partial charge in [-0.1, -0.05) is 36.4 Å². The molecule has 7 heteroatoms. The zero-order valence-corrected chi connectivity index (χ0v) is 16.1. The Bertz CT molecular complexity index is 1130. The Labute approximate surface area is 172 Å². The van der Waals surface area contributed by atoms with Crippen molar-refractivity contribution in [3.05, 3.63) is 90.4 Å². The fourth-order valence-corrected chi connectivity index (χ4v) is 2.94. The van der Waals surface area contributed by atoms with Crippen LogP contribution in [-0.2, 0) is 6.61 Å². The second-order valence-electron chi connectivity index (χ2n) is 6.23. The molecule has 1 amide bonds. The van der Waals surface area contributed by atoms with Gasteiger partial charge in [-0.25, -0.2) is 0 Å². The smallest absolute Gasteiger partial charge is 0.293 e. The zero-order chi connectivity index (χ0) is 20.1. The van der Waals surface area contributed by atoms with Crippen LogP contribution in [0.2, 0.25) is 0 Å². The summed E-state index contributed by atoms with van der Waals surface area (Å²) in [5.41, 5.74) is 2.37. The highest BCUT2D eigenvalue weighted by atomic mass is 32.1. The molecule has 144 valence electrons. The Morgan fingerprint density at radius 1 is 1.07 bits per heavy atom. The number of nitrogens with one attached hydrogen (secondary N) is 2. The Kier molecular flexibility index (Phi) is 5.49. The zero-order valence-electron chi connectivity index (χ0n) is 15.3. The van der Waals surface area contributed by atoms with Crippen LogP contribution in [-0.4, -0.2) is 16.0 Å². The van der Waals surface area contributed by atoms with Crippen LogP contribution in [0.15, 0.2) is 83.5 Å². The van der Waals surface area contributed by atoms with Crippen LogP contribution in [0.25, 0.3) is 11.0 Å². The van der Waals surface area contributed by atoms with Crippen molar-refractivity contribution in [3.8, 4) is 5.75 Å². The molecular weight excluding hydrogens is 386 g/mol. The first-order valence-corrected chi connectivity index (χ1v) is 9.31. The molecule has 0 fully saturated rings. The number of pyridine rings is 1. The van der Waals surface area contributed by atoms with E-state index in [-0.39, 0.29) is 10.9 Å². The maximum atomic E-state index is 12.4. The van der Waals surface area contributed by atoms with Crippen molar-refractivity contribution in [1.82, 2.24) is 10.3 Å². The summed E-state index contributed by atoms with van der Waals surface area (Å²) < 4.78 is 11.3. The van der Waals surface area contributed by atoms with Gasteiger partial charge in [-0.15, -0.1) is 0 Å². The second kappa shape index (κ2) is 8.53. The molecule has 2 aromatic heterocycles. The Morgan fingerprint density at radius 2 is 1.93 bits per heavy atom.